The van der Waals surface area contributed by atoms with Crippen molar-refractivity contribution >= 4 is 23.6 Å². The molecule has 1 aromatic rings. The number of nitrogens with one attached hydrogen (secondary N) is 3. The molecule has 0 atom stereocenters. The maximum absolute atomic E-state index is 11.5. The molecule has 0 aliphatic rings. The van der Waals surface area contributed by atoms with Crippen molar-refractivity contribution in [2.75, 3.05) is 18.4 Å². The van der Waals surface area contributed by atoms with Crippen molar-refractivity contribution in [1.82, 2.24) is 20.4 Å². The maximum atomic E-state index is 11.5. The lowest BCUT2D eigenvalue weighted by molar-refractivity contribution is -0.137. The Bertz CT molecular complexity index is 497. The van der Waals surface area contributed by atoms with Gasteiger partial charge in [-0.25, -0.2) is 4.79 Å². The molecule has 0 fully saturated rings. The summed E-state index contributed by atoms with van der Waals surface area (Å²) >= 11 is 0. The van der Waals surface area contributed by atoms with Crippen molar-refractivity contribution in [3.05, 3.63) is 12.4 Å². The highest BCUT2D eigenvalue weighted by atomic mass is 16.4. The molecular weight excluding hydrogens is 266 g/mol. The fourth-order valence-corrected chi connectivity index (χ4v) is 1.26. The van der Waals surface area contributed by atoms with Crippen LogP contribution in [0.4, 0.5) is 10.5 Å². The summed E-state index contributed by atoms with van der Waals surface area (Å²) < 4.78 is 1.68. The molecule has 0 bridgehead atoms. The minimum Gasteiger partial charge on any atom is -0.480 e. The van der Waals surface area contributed by atoms with E-state index in [-0.39, 0.29) is 12.6 Å². The van der Waals surface area contributed by atoms with Gasteiger partial charge in [-0.05, 0) is 13.8 Å². The number of nitrogens with zero attached hydrogens (tertiary/aromatic N) is 2. The van der Waals surface area contributed by atoms with E-state index in [0.717, 1.165) is 0 Å². The van der Waals surface area contributed by atoms with Gasteiger partial charge in [0.2, 0.25) is 5.91 Å². The summed E-state index contributed by atoms with van der Waals surface area (Å²) in [4.78, 5) is 32.9. The van der Waals surface area contributed by atoms with Crippen LogP contribution >= 0.6 is 0 Å². The predicted molar refractivity (Wildman–Crippen MR) is 70.3 cm³/mol. The molecule has 20 heavy (non-hydrogen) atoms. The minimum absolute atomic E-state index is 0.176. The summed E-state index contributed by atoms with van der Waals surface area (Å²) in [5, 5.41) is 19.3. The number of hydrogen-bond donors (Lipinski definition) is 4. The maximum Gasteiger partial charge on any atom is 0.322 e. The largest absolute Gasteiger partial charge is 0.480 e. The van der Waals surface area contributed by atoms with E-state index in [9.17, 15) is 14.4 Å². The topological polar surface area (TPSA) is 125 Å². The monoisotopic (exact) mass is 283 g/mol. The normalized spacial score (nSPS) is 10.2. The number of hydrogen-bond acceptors (Lipinski definition) is 4. The molecule has 1 aromatic heterocycles. The molecule has 1 heterocycles. The number of carboxylic acid groups (broad SMARTS) is 1. The highest BCUT2D eigenvalue weighted by Crippen LogP contribution is 2.09. The van der Waals surface area contributed by atoms with Crippen molar-refractivity contribution < 1.29 is 19.5 Å². The quantitative estimate of drug-likeness (QED) is 0.574. The second-order valence-corrected chi connectivity index (χ2v) is 4.28. The predicted octanol–water partition coefficient (Wildman–Crippen LogP) is -0.214. The Morgan fingerprint density at radius 3 is 2.55 bits per heavy atom. The van der Waals surface area contributed by atoms with Crippen LogP contribution in [0.5, 0.6) is 0 Å². The SMILES string of the molecule is CC(C)n1cc(NC(=O)NCC(=O)NCC(=O)O)cn1. The molecule has 0 aliphatic heterocycles. The fourth-order valence-electron chi connectivity index (χ4n) is 1.26. The van der Waals surface area contributed by atoms with E-state index < -0.39 is 24.5 Å². The molecule has 0 radical (unpaired) electrons. The van der Waals surface area contributed by atoms with Crippen molar-refractivity contribution in [2.45, 2.75) is 19.9 Å². The lowest BCUT2D eigenvalue weighted by Gasteiger charge is -2.06. The molecule has 0 saturated carbocycles. The molecule has 0 saturated heterocycles. The lowest BCUT2D eigenvalue weighted by atomic mass is 10.4. The van der Waals surface area contributed by atoms with Gasteiger partial charge in [0.1, 0.15) is 6.54 Å². The summed E-state index contributed by atoms with van der Waals surface area (Å²) in [6.07, 6.45) is 3.15. The van der Waals surface area contributed by atoms with Gasteiger partial charge < -0.3 is 21.1 Å². The van der Waals surface area contributed by atoms with Crippen molar-refractivity contribution in [3.63, 3.8) is 0 Å². The van der Waals surface area contributed by atoms with Crippen molar-refractivity contribution in [1.29, 1.82) is 0 Å². The molecule has 3 amide bonds. The van der Waals surface area contributed by atoms with Crippen LogP contribution in [-0.4, -0.2) is 45.9 Å². The Balaban J connectivity index is 2.32. The molecule has 0 aromatic carbocycles. The van der Waals surface area contributed by atoms with Crippen LogP contribution in [0, 0.1) is 0 Å². The highest BCUT2D eigenvalue weighted by molar-refractivity contribution is 5.92. The van der Waals surface area contributed by atoms with Crippen molar-refractivity contribution in [3.8, 4) is 0 Å². The molecule has 9 heteroatoms. The number of rotatable bonds is 6. The second-order valence-electron chi connectivity index (χ2n) is 4.28. The second kappa shape index (κ2) is 7.12. The standard InChI is InChI=1S/C11H17N5O4/c1-7(2)16-6-8(3-14-16)15-11(20)13-4-9(17)12-5-10(18)19/h3,6-7H,4-5H2,1-2H3,(H,12,17)(H,18,19)(H2,13,15,20). The number of urea groups is 1. The molecule has 0 aliphatic carbocycles. The first-order valence-electron chi connectivity index (χ1n) is 5.96. The van der Waals surface area contributed by atoms with E-state index in [2.05, 4.69) is 21.0 Å². The van der Waals surface area contributed by atoms with Crippen LogP contribution in [0.3, 0.4) is 0 Å². The summed E-state index contributed by atoms with van der Waals surface area (Å²) in [7, 11) is 0. The zero-order valence-electron chi connectivity index (χ0n) is 11.2. The van der Waals surface area contributed by atoms with Gasteiger partial charge in [-0.1, -0.05) is 0 Å². The molecule has 1 rings (SSSR count). The zero-order valence-corrected chi connectivity index (χ0v) is 11.2. The van der Waals surface area contributed by atoms with Gasteiger partial charge in [0.15, 0.2) is 0 Å². The molecule has 0 spiro atoms. The van der Waals surface area contributed by atoms with Gasteiger partial charge >= 0.3 is 12.0 Å². The Morgan fingerprint density at radius 1 is 1.30 bits per heavy atom. The number of amides is 3. The lowest BCUT2D eigenvalue weighted by Crippen LogP contribution is -2.40. The summed E-state index contributed by atoms with van der Waals surface area (Å²) in [5.74, 6) is -1.73. The third-order valence-electron chi connectivity index (χ3n) is 2.23. The number of carboxylic acids is 1. The summed E-state index contributed by atoms with van der Waals surface area (Å²) in [6, 6.07) is -0.394. The Hall–Kier alpha value is -2.58. The Labute approximate surface area is 115 Å². The summed E-state index contributed by atoms with van der Waals surface area (Å²) in [5.41, 5.74) is 0.502. The van der Waals surface area contributed by atoms with E-state index in [0.29, 0.717) is 5.69 Å². The number of aromatic nitrogens is 2. The molecular formula is C11H17N5O4. The van der Waals surface area contributed by atoms with Gasteiger partial charge in [0.05, 0.1) is 18.4 Å². The number of carbonyl (C=O) groups excluding carboxylic acids is 2. The first-order chi connectivity index (χ1) is 9.38. The Kier molecular flexibility index (Phi) is 5.51. The van der Waals surface area contributed by atoms with Crippen LogP contribution in [0.2, 0.25) is 0 Å². The third kappa shape index (κ3) is 5.38. The van der Waals surface area contributed by atoms with Gasteiger partial charge in [0, 0.05) is 12.2 Å². The number of carbonyl (C=O) groups is 3. The zero-order chi connectivity index (χ0) is 15.1. The van der Waals surface area contributed by atoms with Gasteiger partial charge in [-0.3, -0.25) is 14.3 Å². The van der Waals surface area contributed by atoms with Gasteiger partial charge in [0.25, 0.3) is 0 Å². The van der Waals surface area contributed by atoms with Crippen LogP contribution in [0.25, 0.3) is 0 Å². The van der Waals surface area contributed by atoms with E-state index >= 15 is 0 Å². The van der Waals surface area contributed by atoms with E-state index in [1.807, 2.05) is 13.8 Å². The van der Waals surface area contributed by atoms with E-state index in [1.54, 1.807) is 10.9 Å². The molecule has 9 nitrogen and oxygen atoms in total. The molecule has 4 N–H and O–H groups in total. The van der Waals surface area contributed by atoms with Crippen LogP contribution < -0.4 is 16.0 Å². The minimum atomic E-state index is -1.15. The van der Waals surface area contributed by atoms with Gasteiger partial charge in [-0.2, -0.15) is 5.10 Å². The van der Waals surface area contributed by atoms with Gasteiger partial charge in [-0.15, -0.1) is 0 Å². The van der Waals surface area contributed by atoms with E-state index in [1.165, 1.54) is 6.20 Å². The third-order valence-corrected chi connectivity index (χ3v) is 2.23. The average molecular weight is 283 g/mol. The van der Waals surface area contributed by atoms with Crippen molar-refractivity contribution in [2.24, 2.45) is 0 Å². The average Bonchev–Trinajstić information content (AvgIpc) is 2.82. The highest BCUT2D eigenvalue weighted by Gasteiger charge is 2.08. The van der Waals surface area contributed by atoms with Crippen LogP contribution in [0.1, 0.15) is 19.9 Å². The summed E-state index contributed by atoms with van der Waals surface area (Å²) in [6.45, 7) is 3.11. The molecule has 110 valence electrons. The van der Waals surface area contributed by atoms with Crippen LogP contribution in [-0.2, 0) is 9.59 Å². The first kappa shape index (κ1) is 15.5. The Morgan fingerprint density at radius 2 is 2.00 bits per heavy atom. The fraction of sp³-hybridized carbons (Fsp3) is 0.455. The smallest absolute Gasteiger partial charge is 0.322 e. The van der Waals surface area contributed by atoms with Crippen LogP contribution in [0.15, 0.2) is 12.4 Å². The first-order valence-corrected chi connectivity index (χ1v) is 5.96. The van der Waals surface area contributed by atoms with E-state index in [4.69, 9.17) is 5.11 Å². The number of anilines is 1. The number of aliphatic carboxylic acids is 1. The molecule has 0 unspecified atom stereocenters.